The topological polar surface area (TPSA) is 26.0 Å². The Morgan fingerprint density at radius 1 is 1.11 bits per heavy atom. The zero-order valence-corrected chi connectivity index (χ0v) is 12.0. The van der Waals surface area contributed by atoms with E-state index in [9.17, 15) is 0 Å². The third kappa shape index (κ3) is 3.74. The third-order valence-corrected chi connectivity index (χ3v) is 4.15. The van der Waals surface area contributed by atoms with Crippen LogP contribution in [0.4, 0.5) is 0 Å². The predicted octanol–water partition coefficient (Wildman–Crippen LogP) is 4.75. The Hall–Kier alpha value is -0.500. The molecule has 1 aromatic rings. The van der Waals surface area contributed by atoms with Crippen LogP contribution in [0.15, 0.2) is 29.8 Å². The molecular weight excluding hydrogens is 265 g/mol. The summed E-state index contributed by atoms with van der Waals surface area (Å²) < 4.78 is 0. The van der Waals surface area contributed by atoms with Crippen LogP contribution >= 0.6 is 23.2 Å². The van der Waals surface area contributed by atoms with Gasteiger partial charge in [0.15, 0.2) is 0 Å². The zero-order valence-electron chi connectivity index (χ0n) is 10.5. The highest BCUT2D eigenvalue weighted by atomic mass is 35.5. The molecule has 0 bridgehead atoms. The quantitative estimate of drug-likeness (QED) is 0.793. The first-order chi connectivity index (χ1) is 8.66. The minimum atomic E-state index is 0.103. The summed E-state index contributed by atoms with van der Waals surface area (Å²) in [5.74, 6) is 0. The van der Waals surface area contributed by atoms with Crippen LogP contribution < -0.4 is 5.73 Å². The van der Waals surface area contributed by atoms with Crippen molar-refractivity contribution in [2.45, 2.75) is 44.6 Å². The molecule has 1 aromatic carbocycles. The maximum absolute atomic E-state index is 6.22. The molecule has 0 aromatic heterocycles. The van der Waals surface area contributed by atoms with Gasteiger partial charge in [0, 0.05) is 16.1 Å². The largest absolute Gasteiger partial charge is 0.327 e. The van der Waals surface area contributed by atoms with E-state index in [2.05, 4.69) is 6.08 Å². The molecule has 3 heteroatoms. The fraction of sp³-hybridized carbons (Fsp3) is 0.467. The number of rotatable bonds is 4. The lowest BCUT2D eigenvalue weighted by Crippen LogP contribution is -2.24. The Morgan fingerprint density at radius 3 is 2.44 bits per heavy atom. The normalized spacial score (nSPS) is 17.4. The van der Waals surface area contributed by atoms with Crippen LogP contribution in [0.1, 0.15) is 37.7 Å². The summed E-state index contributed by atoms with van der Waals surface area (Å²) in [6.45, 7) is 0. The van der Waals surface area contributed by atoms with Crippen molar-refractivity contribution in [3.05, 3.63) is 45.5 Å². The lowest BCUT2D eigenvalue weighted by molar-refractivity contribution is 0.606. The first-order valence-electron chi connectivity index (χ1n) is 6.53. The van der Waals surface area contributed by atoms with Gasteiger partial charge < -0.3 is 5.73 Å². The van der Waals surface area contributed by atoms with Crippen molar-refractivity contribution in [1.82, 2.24) is 0 Å². The molecule has 0 amide bonds. The van der Waals surface area contributed by atoms with E-state index in [1.54, 1.807) is 0 Å². The van der Waals surface area contributed by atoms with Gasteiger partial charge in [-0.15, -0.1) is 0 Å². The van der Waals surface area contributed by atoms with Crippen molar-refractivity contribution in [3.8, 4) is 0 Å². The fourth-order valence-electron chi connectivity index (χ4n) is 2.49. The second-order valence-electron chi connectivity index (χ2n) is 4.98. The van der Waals surface area contributed by atoms with Crippen LogP contribution in [0, 0.1) is 0 Å². The average molecular weight is 284 g/mol. The van der Waals surface area contributed by atoms with Gasteiger partial charge in [0.05, 0.1) is 0 Å². The van der Waals surface area contributed by atoms with Crippen molar-refractivity contribution in [2.75, 3.05) is 0 Å². The van der Waals surface area contributed by atoms with Gasteiger partial charge >= 0.3 is 0 Å². The molecule has 2 N–H and O–H groups in total. The molecule has 0 saturated carbocycles. The van der Waals surface area contributed by atoms with E-state index in [0.717, 1.165) is 28.5 Å². The summed E-state index contributed by atoms with van der Waals surface area (Å²) in [6, 6.07) is 5.71. The molecule has 0 spiro atoms. The SMILES string of the molecule is NC(CC1=CCCCC1)Cc1c(Cl)cccc1Cl. The number of nitrogens with two attached hydrogens (primary N) is 1. The van der Waals surface area contributed by atoms with E-state index < -0.39 is 0 Å². The van der Waals surface area contributed by atoms with Gasteiger partial charge in [-0.05, 0) is 56.2 Å². The second-order valence-corrected chi connectivity index (χ2v) is 5.79. The highest BCUT2D eigenvalue weighted by Crippen LogP contribution is 2.27. The minimum absolute atomic E-state index is 0.103. The summed E-state index contributed by atoms with van der Waals surface area (Å²) in [7, 11) is 0. The Balaban J connectivity index is 1.98. The molecule has 1 aliphatic carbocycles. The maximum Gasteiger partial charge on any atom is 0.0453 e. The zero-order chi connectivity index (χ0) is 13.0. The monoisotopic (exact) mass is 283 g/mol. The molecule has 18 heavy (non-hydrogen) atoms. The molecule has 0 radical (unpaired) electrons. The van der Waals surface area contributed by atoms with Gasteiger partial charge in [-0.3, -0.25) is 0 Å². The minimum Gasteiger partial charge on any atom is -0.327 e. The molecular formula is C15H19Cl2N. The summed E-state index contributed by atoms with van der Waals surface area (Å²) in [5, 5.41) is 1.44. The van der Waals surface area contributed by atoms with Gasteiger partial charge in [-0.25, -0.2) is 0 Å². The number of hydrogen-bond donors (Lipinski definition) is 1. The molecule has 0 fully saturated rings. The molecule has 1 unspecified atom stereocenters. The van der Waals surface area contributed by atoms with E-state index in [4.69, 9.17) is 28.9 Å². The Bertz CT molecular complexity index is 420. The molecule has 98 valence electrons. The first-order valence-corrected chi connectivity index (χ1v) is 7.29. The third-order valence-electron chi connectivity index (χ3n) is 3.44. The van der Waals surface area contributed by atoms with E-state index in [-0.39, 0.29) is 6.04 Å². The van der Waals surface area contributed by atoms with E-state index in [1.807, 2.05) is 18.2 Å². The predicted molar refractivity (Wildman–Crippen MR) is 79.3 cm³/mol. The van der Waals surface area contributed by atoms with Crippen molar-refractivity contribution < 1.29 is 0 Å². The Morgan fingerprint density at radius 2 is 1.83 bits per heavy atom. The summed E-state index contributed by atoms with van der Waals surface area (Å²) in [6.07, 6.45) is 9.06. The molecule has 2 rings (SSSR count). The van der Waals surface area contributed by atoms with Gasteiger partial charge in [0.25, 0.3) is 0 Å². The van der Waals surface area contributed by atoms with Crippen molar-refractivity contribution in [1.29, 1.82) is 0 Å². The summed E-state index contributed by atoms with van der Waals surface area (Å²) in [5.41, 5.74) is 8.69. The van der Waals surface area contributed by atoms with Gasteiger partial charge in [-0.1, -0.05) is 40.9 Å². The van der Waals surface area contributed by atoms with Gasteiger partial charge in [0.1, 0.15) is 0 Å². The van der Waals surface area contributed by atoms with Gasteiger partial charge in [-0.2, -0.15) is 0 Å². The van der Waals surface area contributed by atoms with E-state index in [1.165, 1.54) is 31.3 Å². The first kappa shape index (κ1) is 13.9. The van der Waals surface area contributed by atoms with Gasteiger partial charge in [0.2, 0.25) is 0 Å². The highest BCUT2D eigenvalue weighted by Gasteiger charge is 2.13. The van der Waals surface area contributed by atoms with Crippen LogP contribution in [-0.2, 0) is 6.42 Å². The maximum atomic E-state index is 6.22. The van der Waals surface area contributed by atoms with Crippen LogP contribution in [0.3, 0.4) is 0 Å². The highest BCUT2D eigenvalue weighted by molar-refractivity contribution is 6.35. The average Bonchev–Trinajstić information content (AvgIpc) is 2.35. The van der Waals surface area contributed by atoms with Crippen LogP contribution in [0.5, 0.6) is 0 Å². The summed E-state index contributed by atoms with van der Waals surface area (Å²) >= 11 is 12.3. The Kier molecular flexibility index (Phi) is 5.11. The number of allylic oxidation sites excluding steroid dienone is 1. The van der Waals surface area contributed by atoms with Crippen molar-refractivity contribution >= 4 is 23.2 Å². The van der Waals surface area contributed by atoms with Crippen molar-refractivity contribution in [2.24, 2.45) is 5.73 Å². The standard InChI is InChI=1S/C15H19Cl2N/c16-14-7-4-8-15(17)13(14)10-12(18)9-11-5-2-1-3-6-11/h4-5,7-8,12H,1-3,6,9-10,18H2. The number of hydrogen-bond acceptors (Lipinski definition) is 1. The van der Waals surface area contributed by atoms with E-state index >= 15 is 0 Å². The molecule has 0 saturated heterocycles. The summed E-state index contributed by atoms with van der Waals surface area (Å²) in [4.78, 5) is 0. The van der Waals surface area contributed by atoms with Crippen molar-refractivity contribution in [3.63, 3.8) is 0 Å². The lowest BCUT2D eigenvalue weighted by atomic mass is 9.92. The smallest absolute Gasteiger partial charge is 0.0453 e. The van der Waals surface area contributed by atoms with Crippen LogP contribution in [0.25, 0.3) is 0 Å². The second kappa shape index (κ2) is 6.60. The number of benzene rings is 1. The van der Waals surface area contributed by atoms with Crippen LogP contribution in [-0.4, -0.2) is 6.04 Å². The number of halogens is 2. The Labute approximate surface area is 119 Å². The van der Waals surface area contributed by atoms with E-state index in [0.29, 0.717) is 0 Å². The molecule has 0 aliphatic heterocycles. The molecule has 1 nitrogen and oxygen atoms in total. The fourth-order valence-corrected chi connectivity index (χ4v) is 3.04. The molecule has 1 atom stereocenters. The molecule has 1 aliphatic rings. The van der Waals surface area contributed by atoms with Crippen LogP contribution in [0.2, 0.25) is 10.0 Å². The lowest BCUT2D eigenvalue weighted by Gasteiger charge is -2.18. The molecule has 0 heterocycles.